The first kappa shape index (κ1) is 15.9. The second-order valence-electron chi connectivity index (χ2n) is 3.51. The first-order chi connectivity index (χ1) is 10.0. The van der Waals surface area contributed by atoms with E-state index < -0.39 is 17.9 Å². The number of hydrogen-bond donors (Lipinski definition) is 0. The summed E-state index contributed by atoms with van der Waals surface area (Å²) in [7, 11) is 0. The molecule has 0 radical (unpaired) electrons. The second-order valence-corrected chi connectivity index (χ2v) is 3.51. The number of benzene rings is 1. The maximum atomic E-state index is 11.7. The number of carbonyl (C=O) groups excluding carboxylic acids is 3. The van der Waals surface area contributed by atoms with E-state index in [0.717, 1.165) is 18.8 Å². The third-order valence-corrected chi connectivity index (χ3v) is 2.21. The molecule has 0 atom stereocenters. The molecule has 0 fully saturated rings. The van der Waals surface area contributed by atoms with Gasteiger partial charge < -0.3 is 14.2 Å². The predicted molar refractivity (Wildman–Crippen MR) is 73.3 cm³/mol. The van der Waals surface area contributed by atoms with Crippen molar-refractivity contribution in [1.29, 1.82) is 0 Å². The van der Waals surface area contributed by atoms with Crippen LogP contribution in [0.15, 0.2) is 56.7 Å². The lowest BCUT2D eigenvalue weighted by molar-refractivity contribution is 0.0663. The van der Waals surface area contributed by atoms with Crippen LogP contribution in [0.2, 0.25) is 0 Å². The lowest BCUT2D eigenvalue weighted by Gasteiger charge is -2.06. The molecule has 6 nitrogen and oxygen atoms in total. The minimum atomic E-state index is -0.786. The molecular formula is C15H12O6. The van der Waals surface area contributed by atoms with Gasteiger partial charge in [-0.05, 0) is 18.2 Å². The van der Waals surface area contributed by atoms with Gasteiger partial charge in [0.25, 0.3) is 0 Å². The molecule has 0 aliphatic heterocycles. The van der Waals surface area contributed by atoms with Crippen molar-refractivity contribution in [3.63, 3.8) is 0 Å². The third-order valence-electron chi connectivity index (χ3n) is 2.21. The fourth-order valence-corrected chi connectivity index (χ4v) is 1.41. The number of esters is 3. The van der Waals surface area contributed by atoms with Crippen LogP contribution in [0, 0.1) is 0 Å². The lowest BCUT2D eigenvalue weighted by atomic mass is 10.1. The molecule has 0 saturated heterocycles. The maximum absolute atomic E-state index is 11.7. The number of ether oxygens (including phenoxy) is 3. The maximum Gasteiger partial charge on any atom is 0.342 e. The fourth-order valence-electron chi connectivity index (χ4n) is 1.41. The molecule has 0 spiro atoms. The summed E-state index contributed by atoms with van der Waals surface area (Å²) >= 11 is 0. The van der Waals surface area contributed by atoms with Crippen LogP contribution in [0.3, 0.4) is 0 Å². The van der Waals surface area contributed by atoms with Crippen LogP contribution in [-0.4, -0.2) is 17.9 Å². The highest BCUT2D eigenvalue weighted by atomic mass is 16.5. The van der Waals surface area contributed by atoms with E-state index in [1.807, 2.05) is 0 Å². The molecule has 1 aromatic carbocycles. The van der Waals surface area contributed by atoms with Crippen molar-refractivity contribution < 1.29 is 28.6 Å². The van der Waals surface area contributed by atoms with E-state index in [1.165, 1.54) is 18.2 Å². The highest BCUT2D eigenvalue weighted by Crippen LogP contribution is 2.14. The van der Waals surface area contributed by atoms with Crippen molar-refractivity contribution >= 4 is 17.9 Å². The minimum Gasteiger partial charge on any atom is -0.432 e. The molecule has 0 amide bonds. The number of carbonyl (C=O) groups is 3. The van der Waals surface area contributed by atoms with Gasteiger partial charge in [0.05, 0.1) is 35.5 Å². The van der Waals surface area contributed by atoms with Crippen molar-refractivity contribution in [2.24, 2.45) is 0 Å². The molecule has 0 heterocycles. The molecule has 108 valence electrons. The largest absolute Gasteiger partial charge is 0.432 e. The van der Waals surface area contributed by atoms with E-state index in [4.69, 9.17) is 0 Å². The molecule has 21 heavy (non-hydrogen) atoms. The van der Waals surface area contributed by atoms with Crippen molar-refractivity contribution in [3.05, 3.63) is 73.4 Å². The van der Waals surface area contributed by atoms with Gasteiger partial charge in [-0.1, -0.05) is 19.7 Å². The van der Waals surface area contributed by atoms with E-state index in [1.54, 1.807) is 0 Å². The summed E-state index contributed by atoms with van der Waals surface area (Å²) < 4.78 is 13.8. The SMILES string of the molecule is C=COC(=O)c1cc(C(=O)OC=C)cc(C(=O)OC=C)c1. The van der Waals surface area contributed by atoms with Crippen molar-refractivity contribution in [1.82, 2.24) is 0 Å². The molecule has 0 aromatic heterocycles. The Bertz CT molecular complexity index is 517. The topological polar surface area (TPSA) is 78.9 Å². The Morgan fingerprint density at radius 1 is 0.667 bits per heavy atom. The Morgan fingerprint density at radius 2 is 0.905 bits per heavy atom. The second kappa shape index (κ2) is 7.44. The Hall–Kier alpha value is -3.15. The van der Waals surface area contributed by atoms with Gasteiger partial charge in [0.15, 0.2) is 0 Å². The quantitative estimate of drug-likeness (QED) is 0.455. The summed E-state index contributed by atoms with van der Waals surface area (Å²) in [6, 6.07) is 3.63. The van der Waals surface area contributed by atoms with Gasteiger partial charge in [0, 0.05) is 0 Å². The predicted octanol–water partition coefficient (Wildman–Crippen LogP) is 2.59. The van der Waals surface area contributed by atoms with E-state index >= 15 is 0 Å². The zero-order chi connectivity index (χ0) is 15.8. The zero-order valence-corrected chi connectivity index (χ0v) is 11.0. The monoisotopic (exact) mass is 288 g/mol. The molecule has 0 aliphatic carbocycles. The van der Waals surface area contributed by atoms with Crippen molar-refractivity contribution in [2.45, 2.75) is 0 Å². The Labute approximate surface area is 120 Å². The lowest BCUT2D eigenvalue weighted by Crippen LogP contribution is -2.10. The molecule has 0 unspecified atom stereocenters. The molecule has 0 N–H and O–H groups in total. The van der Waals surface area contributed by atoms with Crippen LogP contribution in [0.25, 0.3) is 0 Å². The smallest absolute Gasteiger partial charge is 0.342 e. The van der Waals surface area contributed by atoms with Gasteiger partial charge in [-0.2, -0.15) is 0 Å². The van der Waals surface area contributed by atoms with Gasteiger partial charge in [-0.25, -0.2) is 14.4 Å². The summed E-state index contributed by atoms with van der Waals surface area (Å²) in [4.78, 5) is 35.0. The Kier molecular flexibility index (Phi) is 5.64. The highest BCUT2D eigenvalue weighted by Gasteiger charge is 2.18. The van der Waals surface area contributed by atoms with E-state index in [-0.39, 0.29) is 16.7 Å². The van der Waals surface area contributed by atoms with Gasteiger partial charge in [-0.3, -0.25) is 0 Å². The highest BCUT2D eigenvalue weighted by molar-refractivity contribution is 6.00. The van der Waals surface area contributed by atoms with Crippen LogP contribution in [0.1, 0.15) is 31.1 Å². The molecule has 0 aliphatic rings. The molecule has 6 heteroatoms. The van der Waals surface area contributed by atoms with E-state index in [9.17, 15) is 14.4 Å². The van der Waals surface area contributed by atoms with Crippen molar-refractivity contribution in [3.8, 4) is 0 Å². The van der Waals surface area contributed by atoms with Crippen molar-refractivity contribution in [2.75, 3.05) is 0 Å². The van der Waals surface area contributed by atoms with E-state index in [2.05, 4.69) is 33.9 Å². The number of rotatable bonds is 6. The molecule has 1 aromatic rings. The van der Waals surface area contributed by atoms with Gasteiger partial charge >= 0.3 is 17.9 Å². The van der Waals surface area contributed by atoms with Crippen LogP contribution in [0.5, 0.6) is 0 Å². The van der Waals surface area contributed by atoms with Gasteiger partial charge in [0.2, 0.25) is 0 Å². The summed E-state index contributed by atoms with van der Waals surface area (Å²) in [5.41, 5.74) is -0.113. The summed E-state index contributed by atoms with van der Waals surface area (Å²) in [5.74, 6) is -2.36. The minimum absolute atomic E-state index is 0.0376. The molecule has 1 rings (SSSR count). The Balaban J connectivity index is 3.30. The normalized spacial score (nSPS) is 9.14. The summed E-state index contributed by atoms with van der Waals surface area (Å²) in [6.45, 7) is 9.74. The summed E-state index contributed by atoms with van der Waals surface area (Å²) in [5, 5.41) is 0. The van der Waals surface area contributed by atoms with Crippen LogP contribution in [-0.2, 0) is 14.2 Å². The standard InChI is InChI=1S/C15H12O6/c1-4-19-13(16)10-7-11(14(17)20-5-2)9-12(8-10)15(18)21-6-3/h4-9H,1-3H2. The first-order valence-corrected chi connectivity index (χ1v) is 5.64. The first-order valence-electron chi connectivity index (χ1n) is 5.64. The van der Waals surface area contributed by atoms with Crippen LogP contribution >= 0.6 is 0 Å². The molecular weight excluding hydrogens is 276 g/mol. The summed E-state index contributed by atoms with van der Waals surface area (Å²) in [6.07, 6.45) is 2.79. The third kappa shape index (κ3) is 4.17. The molecule has 0 saturated carbocycles. The van der Waals surface area contributed by atoms with Crippen LogP contribution in [0.4, 0.5) is 0 Å². The number of hydrogen-bond acceptors (Lipinski definition) is 6. The van der Waals surface area contributed by atoms with E-state index in [0.29, 0.717) is 0 Å². The van der Waals surface area contributed by atoms with Gasteiger partial charge in [0.1, 0.15) is 0 Å². The molecule has 0 bridgehead atoms. The zero-order valence-electron chi connectivity index (χ0n) is 11.0. The fraction of sp³-hybridized carbons (Fsp3) is 0. The average molecular weight is 288 g/mol. The van der Waals surface area contributed by atoms with Crippen LogP contribution < -0.4 is 0 Å². The average Bonchev–Trinajstić information content (AvgIpc) is 2.47. The Morgan fingerprint density at radius 3 is 1.10 bits per heavy atom. The van der Waals surface area contributed by atoms with Gasteiger partial charge in [-0.15, -0.1) is 0 Å².